The standard InChI is InChI=1S/C20H27N5O3S2/c1-27-16-6-4-15(5-7-16)24-8-10-25(11-9-24)19-22-23-20(30-19)29-14-18(26)21-13-17-3-2-12-28-17/h4-7,17H,2-3,8-14H2,1H3,(H,21,26). The van der Waals surface area contributed by atoms with E-state index in [4.69, 9.17) is 9.47 Å². The molecule has 0 bridgehead atoms. The molecule has 162 valence electrons. The van der Waals surface area contributed by atoms with Crippen LogP contribution in [0.5, 0.6) is 5.75 Å². The monoisotopic (exact) mass is 449 g/mol. The molecule has 2 aliphatic rings. The van der Waals surface area contributed by atoms with Crippen LogP contribution in [0.4, 0.5) is 10.8 Å². The normalized spacial score (nSPS) is 19.2. The lowest BCUT2D eigenvalue weighted by atomic mass is 10.2. The van der Waals surface area contributed by atoms with Crippen LogP contribution in [0, 0.1) is 0 Å². The average molecular weight is 450 g/mol. The Hall–Kier alpha value is -2.04. The Morgan fingerprint density at radius 3 is 2.70 bits per heavy atom. The van der Waals surface area contributed by atoms with Crippen molar-refractivity contribution in [3.63, 3.8) is 0 Å². The lowest BCUT2D eigenvalue weighted by molar-refractivity contribution is -0.119. The molecule has 0 saturated carbocycles. The average Bonchev–Trinajstić information content (AvgIpc) is 3.49. The van der Waals surface area contributed by atoms with Crippen LogP contribution in [-0.2, 0) is 9.53 Å². The predicted octanol–water partition coefficient (Wildman–Crippen LogP) is 2.26. The van der Waals surface area contributed by atoms with Crippen molar-refractivity contribution in [3.8, 4) is 5.75 Å². The first-order valence-electron chi connectivity index (χ1n) is 10.2. The van der Waals surface area contributed by atoms with Gasteiger partial charge in [-0.2, -0.15) is 0 Å². The van der Waals surface area contributed by atoms with E-state index in [9.17, 15) is 4.79 Å². The molecule has 2 aliphatic heterocycles. The minimum absolute atomic E-state index is 0.0142. The van der Waals surface area contributed by atoms with Gasteiger partial charge in [-0.1, -0.05) is 23.1 Å². The maximum absolute atomic E-state index is 12.0. The van der Waals surface area contributed by atoms with Crippen molar-refractivity contribution in [2.75, 3.05) is 62.0 Å². The van der Waals surface area contributed by atoms with Gasteiger partial charge < -0.3 is 24.6 Å². The summed E-state index contributed by atoms with van der Waals surface area (Å²) in [6.45, 7) is 5.05. The Morgan fingerprint density at radius 2 is 2.00 bits per heavy atom. The van der Waals surface area contributed by atoms with Gasteiger partial charge in [0.25, 0.3) is 0 Å². The number of nitrogens with one attached hydrogen (secondary N) is 1. The number of hydrogen-bond donors (Lipinski definition) is 1. The first-order chi connectivity index (χ1) is 14.7. The molecule has 0 spiro atoms. The fourth-order valence-corrected chi connectivity index (χ4v) is 5.27. The van der Waals surface area contributed by atoms with Gasteiger partial charge in [-0.15, -0.1) is 10.2 Å². The van der Waals surface area contributed by atoms with E-state index in [1.807, 2.05) is 12.1 Å². The third-order valence-corrected chi connectivity index (χ3v) is 7.38. The third kappa shape index (κ3) is 5.55. The van der Waals surface area contributed by atoms with Gasteiger partial charge in [0.2, 0.25) is 11.0 Å². The number of benzene rings is 1. The summed E-state index contributed by atoms with van der Waals surface area (Å²) in [5.74, 6) is 1.24. The molecule has 1 amide bonds. The van der Waals surface area contributed by atoms with Crippen molar-refractivity contribution in [1.29, 1.82) is 0 Å². The summed E-state index contributed by atoms with van der Waals surface area (Å²) >= 11 is 2.99. The highest BCUT2D eigenvalue weighted by atomic mass is 32.2. The second-order valence-corrected chi connectivity index (χ2v) is 9.43. The highest BCUT2D eigenvalue weighted by Gasteiger charge is 2.21. The molecule has 10 heteroatoms. The van der Waals surface area contributed by atoms with E-state index in [0.29, 0.717) is 12.3 Å². The molecular formula is C20H27N5O3S2. The van der Waals surface area contributed by atoms with E-state index in [1.54, 1.807) is 18.4 Å². The number of anilines is 2. The molecule has 2 saturated heterocycles. The number of rotatable bonds is 8. The fraction of sp³-hybridized carbons (Fsp3) is 0.550. The highest BCUT2D eigenvalue weighted by molar-refractivity contribution is 8.01. The largest absolute Gasteiger partial charge is 0.497 e. The van der Waals surface area contributed by atoms with Crippen LogP contribution < -0.4 is 19.9 Å². The van der Waals surface area contributed by atoms with Crippen molar-refractivity contribution in [2.45, 2.75) is 23.3 Å². The Morgan fingerprint density at radius 1 is 1.23 bits per heavy atom. The first-order valence-corrected chi connectivity index (χ1v) is 12.0. The molecule has 1 N–H and O–H groups in total. The fourth-order valence-electron chi connectivity index (χ4n) is 3.55. The van der Waals surface area contributed by atoms with Gasteiger partial charge in [0.05, 0.1) is 19.0 Å². The van der Waals surface area contributed by atoms with Crippen molar-refractivity contribution in [3.05, 3.63) is 24.3 Å². The van der Waals surface area contributed by atoms with E-state index in [1.165, 1.54) is 17.4 Å². The molecule has 4 rings (SSSR count). The number of carbonyl (C=O) groups is 1. The molecule has 0 aliphatic carbocycles. The zero-order valence-corrected chi connectivity index (χ0v) is 18.7. The van der Waals surface area contributed by atoms with E-state index >= 15 is 0 Å². The van der Waals surface area contributed by atoms with Gasteiger partial charge in [-0.05, 0) is 37.1 Å². The summed E-state index contributed by atoms with van der Waals surface area (Å²) in [4.78, 5) is 16.7. The highest BCUT2D eigenvalue weighted by Crippen LogP contribution is 2.29. The lowest BCUT2D eigenvalue weighted by Crippen LogP contribution is -2.46. The summed E-state index contributed by atoms with van der Waals surface area (Å²) in [7, 11) is 1.68. The molecule has 1 aromatic carbocycles. The molecular weight excluding hydrogens is 422 g/mol. The maximum Gasteiger partial charge on any atom is 0.230 e. The molecule has 8 nitrogen and oxygen atoms in total. The summed E-state index contributed by atoms with van der Waals surface area (Å²) in [6, 6.07) is 8.18. The number of carbonyl (C=O) groups excluding carboxylic acids is 1. The number of aromatic nitrogens is 2. The molecule has 2 aromatic rings. The first kappa shape index (κ1) is 21.2. The quantitative estimate of drug-likeness (QED) is 0.615. The predicted molar refractivity (Wildman–Crippen MR) is 120 cm³/mol. The van der Waals surface area contributed by atoms with Crippen LogP contribution in [0.1, 0.15) is 12.8 Å². The molecule has 1 atom stereocenters. The van der Waals surface area contributed by atoms with E-state index in [0.717, 1.165) is 60.8 Å². The zero-order chi connectivity index (χ0) is 20.8. The smallest absolute Gasteiger partial charge is 0.230 e. The number of amides is 1. The number of ether oxygens (including phenoxy) is 2. The zero-order valence-electron chi connectivity index (χ0n) is 17.1. The van der Waals surface area contributed by atoms with Crippen molar-refractivity contribution < 1.29 is 14.3 Å². The summed E-state index contributed by atoms with van der Waals surface area (Å²) in [5.41, 5.74) is 1.21. The van der Waals surface area contributed by atoms with Gasteiger partial charge in [0, 0.05) is 45.0 Å². The summed E-state index contributed by atoms with van der Waals surface area (Å²) < 4.78 is 11.6. The van der Waals surface area contributed by atoms with Crippen LogP contribution in [-0.4, -0.2) is 74.4 Å². The van der Waals surface area contributed by atoms with E-state index < -0.39 is 0 Å². The maximum atomic E-state index is 12.0. The molecule has 3 heterocycles. The van der Waals surface area contributed by atoms with Gasteiger partial charge >= 0.3 is 0 Å². The number of thioether (sulfide) groups is 1. The van der Waals surface area contributed by atoms with Gasteiger partial charge in [-0.3, -0.25) is 4.79 Å². The number of nitrogens with zero attached hydrogens (tertiary/aromatic N) is 4. The minimum Gasteiger partial charge on any atom is -0.497 e. The number of hydrogen-bond acceptors (Lipinski definition) is 9. The SMILES string of the molecule is COc1ccc(N2CCN(c3nnc(SCC(=O)NCC4CCCO4)s3)CC2)cc1. The second-order valence-electron chi connectivity index (χ2n) is 7.25. The second kappa shape index (κ2) is 10.3. The molecule has 2 fully saturated rings. The summed E-state index contributed by atoms with van der Waals surface area (Å²) in [5, 5.41) is 12.5. The van der Waals surface area contributed by atoms with Crippen LogP contribution in [0.3, 0.4) is 0 Å². The Labute approximate surface area is 184 Å². The van der Waals surface area contributed by atoms with Gasteiger partial charge in [0.15, 0.2) is 4.34 Å². The Bertz CT molecular complexity index is 818. The van der Waals surface area contributed by atoms with E-state index in [-0.39, 0.29) is 12.0 Å². The topological polar surface area (TPSA) is 79.8 Å². The van der Waals surface area contributed by atoms with Crippen molar-refractivity contribution in [2.24, 2.45) is 0 Å². The Balaban J connectivity index is 1.21. The Kier molecular flexibility index (Phi) is 7.29. The van der Waals surface area contributed by atoms with E-state index in [2.05, 4.69) is 37.4 Å². The van der Waals surface area contributed by atoms with Crippen molar-refractivity contribution in [1.82, 2.24) is 15.5 Å². The molecule has 1 unspecified atom stereocenters. The lowest BCUT2D eigenvalue weighted by Gasteiger charge is -2.35. The van der Waals surface area contributed by atoms with Crippen LogP contribution >= 0.6 is 23.1 Å². The van der Waals surface area contributed by atoms with Gasteiger partial charge in [-0.25, -0.2) is 0 Å². The van der Waals surface area contributed by atoms with Gasteiger partial charge in [0.1, 0.15) is 5.75 Å². The third-order valence-electron chi connectivity index (χ3n) is 5.26. The molecule has 30 heavy (non-hydrogen) atoms. The van der Waals surface area contributed by atoms with Crippen LogP contribution in [0.25, 0.3) is 0 Å². The van der Waals surface area contributed by atoms with Crippen molar-refractivity contribution >= 4 is 39.8 Å². The van der Waals surface area contributed by atoms with Crippen LogP contribution in [0.2, 0.25) is 0 Å². The molecule has 0 radical (unpaired) electrons. The summed E-state index contributed by atoms with van der Waals surface area (Å²) in [6.07, 6.45) is 2.28. The number of methoxy groups -OCH3 is 1. The minimum atomic E-state index is 0.0142. The molecule has 1 aromatic heterocycles. The number of piperazine rings is 1. The van der Waals surface area contributed by atoms with Crippen LogP contribution in [0.15, 0.2) is 28.6 Å².